The number of halogens is 2. The van der Waals surface area contributed by atoms with Gasteiger partial charge in [0.15, 0.2) is 0 Å². The fourth-order valence-corrected chi connectivity index (χ4v) is 5.07. The molecule has 4 N–H and O–H groups in total. The Labute approximate surface area is 286 Å². The van der Waals surface area contributed by atoms with E-state index in [-0.39, 0.29) is 0 Å². The molecule has 0 fully saturated rings. The Balaban J connectivity index is 0.945. The lowest BCUT2D eigenvalue weighted by molar-refractivity contribution is 0.350. The van der Waals surface area contributed by atoms with Crippen molar-refractivity contribution in [2.75, 3.05) is 54.7 Å². The number of anilines is 6. The molecule has 0 saturated heterocycles. The predicted molar refractivity (Wildman–Crippen MR) is 193 cm³/mol. The molecular weight excluding hydrogens is 649 g/mol. The molecule has 13 nitrogen and oxygen atoms in total. The van der Waals surface area contributed by atoms with E-state index in [2.05, 4.69) is 67.0 Å². The van der Waals surface area contributed by atoms with Crippen LogP contribution < -0.4 is 21.5 Å². The second-order valence-electron chi connectivity index (χ2n) is 10.6. The van der Waals surface area contributed by atoms with Gasteiger partial charge in [-0.15, -0.1) is 0 Å². The van der Waals surface area contributed by atoms with Crippen molar-refractivity contribution in [2.45, 2.75) is 0 Å². The molecule has 2 aromatic heterocycles. The first-order valence-electron chi connectivity index (χ1n) is 15.0. The highest BCUT2D eigenvalue weighted by Crippen LogP contribution is 2.28. The molecule has 0 spiro atoms. The van der Waals surface area contributed by atoms with E-state index in [0.717, 1.165) is 44.6 Å². The van der Waals surface area contributed by atoms with Crippen molar-refractivity contribution in [1.82, 2.24) is 24.8 Å². The van der Waals surface area contributed by atoms with Gasteiger partial charge in [0.1, 0.15) is 24.3 Å². The van der Waals surface area contributed by atoms with Crippen LogP contribution in [0.5, 0.6) is 0 Å². The first-order valence-corrected chi connectivity index (χ1v) is 15.7. The van der Waals surface area contributed by atoms with Gasteiger partial charge in [-0.05, 0) is 79.8 Å². The Bertz CT molecular complexity index is 1930. The van der Waals surface area contributed by atoms with E-state index in [1.165, 1.54) is 12.7 Å². The molecule has 0 atom stereocenters. The molecule has 0 saturated carbocycles. The maximum absolute atomic E-state index is 6.13. The van der Waals surface area contributed by atoms with E-state index in [1.54, 1.807) is 0 Å². The van der Waals surface area contributed by atoms with E-state index < -0.39 is 0 Å². The Morgan fingerprint density at radius 2 is 1.06 bits per heavy atom. The number of likely N-dealkylation sites (N-methyl/N-ethyl adjacent to an activating group) is 1. The molecule has 242 valence electrons. The summed E-state index contributed by atoms with van der Waals surface area (Å²) in [4.78, 5) is 19.6. The number of rotatable bonds is 14. The maximum Gasteiger partial charge on any atom is 0.141 e. The van der Waals surface area contributed by atoms with Crippen LogP contribution in [-0.4, -0.2) is 58.1 Å². The lowest BCUT2D eigenvalue weighted by Crippen LogP contribution is -2.24. The molecule has 6 rings (SSSR count). The van der Waals surface area contributed by atoms with E-state index in [9.17, 15) is 0 Å². The first-order chi connectivity index (χ1) is 23.5. The van der Waals surface area contributed by atoms with Crippen molar-refractivity contribution >= 4 is 79.4 Å². The first kappa shape index (κ1) is 32.4. The van der Waals surface area contributed by atoms with Gasteiger partial charge in [0.25, 0.3) is 0 Å². The summed E-state index contributed by atoms with van der Waals surface area (Å²) < 4.78 is 0. The van der Waals surface area contributed by atoms with Crippen molar-refractivity contribution in [3.8, 4) is 0 Å². The summed E-state index contributed by atoms with van der Waals surface area (Å²) in [6.45, 7) is 2.45. The summed E-state index contributed by atoms with van der Waals surface area (Å²) in [5.41, 5.74) is 10.8. The van der Waals surface area contributed by atoms with E-state index in [4.69, 9.17) is 23.2 Å². The molecule has 0 aliphatic heterocycles. The fourth-order valence-electron chi connectivity index (χ4n) is 4.69. The smallest absolute Gasteiger partial charge is 0.141 e. The van der Waals surface area contributed by atoms with Gasteiger partial charge in [0, 0.05) is 45.3 Å². The summed E-state index contributed by atoms with van der Waals surface area (Å²) in [7, 11) is 2.00. The van der Waals surface area contributed by atoms with Crippen LogP contribution in [0.4, 0.5) is 34.4 Å². The Morgan fingerprint density at radius 1 is 0.583 bits per heavy atom. The van der Waals surface area contributed by atoms with Crippen LogP contribution in [0.3, 0.4) is 0 Å². The maximum atomic E-state index is 6.13. The van der Waals surface area contributed by atoms with Gasteiger partial charge in [0.05, 0.1) is 35.5 Å². The topological polar surface area (TPSA) is 152 Å². The number of aromatic nitrogens is 4. The van der Waals surface area contributed by atoms with Crippen LogP contribution in [0, 0.1) is 0 Å². The number of fused-ring (bicyclic) bond motifs is 2. The molecule has 0 aliphatic carbocycles. The van der Waals surface area contributed by atoms with Crippen LogP contribution in [0.1, 0.15) is 0 Å². The van der Waals surface area contributed by atoms with Gasteiger partial charge >= 0.3 is 0 Å². The normalized spacial score (nSPS) is 11.6. The molecule has 0 aliphatic rings. The van der Waals surface area contributed by atoms with Crippen molar-refractivity contribution in [3.05, 3.63) is 108 Å². The number of hydrogen-bond acceptors (Lipinski definition) is 11. The van der Waals surface area contributed by atoms with Crippen molar-refractivity contribution < 1.29 is 0 Å². The highest BCUT2D eigenvalue weighted by molar-refractivity contribution is 6.31. The van der Waals surface area contributed by atoms with Gasteiger partial charge in [-0.25, -0.2) is 19.9 Å². The zero-order valence-corrected chi connectivity index (χ0v) is 27.4. The number of nitrogens with one attached hydrogen (secondary N) is 4. The Hall–Kier alpha value is -5.50. The summed E-state index contributed by atoms with van der Waals surface area (Å²) in [5, 5.41) is 26.4. The minimum atomic E-state index is 0.516. The summed E-state index contributed by atoms with van der Waals surface area (Å²) in [6, 6.07) is 26.4. The summed E-state index contributed by atoms with van der Waals surface area (Å²) >= 11 is 12.3. The third-order valence-electron chi connectivity index (χ3n) is 7.11. The van der Waals surface area contributed by atoms with E-state index >= 15 is 0 Å². The van der Waals surface area contributed by atoms with Gasteiger partial charge in [0.2, 0.25) is 0 Å². The zero-order chi connectivity index (χ0) is 33.1. The van der Waals surface area contributed by atoms with Crippen LogP contribution in [0.25, 0.3) is 21.8 Å². The average Bonchev–Trinajstić information content (AvgIpc) is 3.08. The molecule has 48 heavy (non-hydrogen) atoms. The van der Waals surface area contributed by atoms with Gasteiger partial charge in [-0.2, -0.15) is 10.2 Å². The van der Waals surface area contributed by atoms with Crippen LogP contribution in [0.15, 0.2) is 118 Å². The lowest BCUT2D eigenvalue weighted by atomic mass is 10.2. The predicted octanol–water partition coefficient (Wildman–Crippen LogP) is 8.56. The van der Waals surface area contributed by atoms with Gasteiger partial charge < -0.3 is 15.5 Å². The van der Waals surface area contributed by atoms with Crippen LogP contribution in [-0.2, 0) is 0 Å². The average molecular weight is 681 g/mol. The molecular formula is C33H31Cl2N13. The molecule has 0 radical (unpaired) electrons. The molecule has 6 aromatic rings. The van der Waals surface area contributed by atoms with Crippen molar-refractivity contribution in [1.29, 1.82) is 0 Å². The summed E-state index contributed by atoms with van der Waals surface area (Å²) in [6.07, 6.45) is 3.05. The second kappa shape index (κ2) is 15.9. The number of nitrogens with zero attached hydrogens (tertiary/aromatic N) is 9. The second-order valence-corrected chi connectivity index (χ2v) is 11.5. The van der Waals surface area contributed by atoms with E-state index in [0.29, 0.717) is 47.9 Å². The third kappa shape index (κ3) is 8.85. The van der Waals surface area contributed by atoms with Crippen molar-refractivity contribution in [2.24, 2.45) is 20.7 Å². The van der Waals surface area contributed by atoms with Crippen molar-refractivity contribution in [3.63, 3.8) is 0 Å². The lowest BCUT2D eigenvalue weighted by Gasteiger charge is -2.12. The highest BCUT2D eigenvalue weighted by Gasteiger charge is 2.08. The number of benzene rings is 4. The van der Waals surface area contributed by atoms with E-state index in [1.807, 2.05) is 92.0 Å². The highest BCUT2D eigenvalue weighted by atomic mass is 35.5. The quantitative estimate of drug-likeness (QED) is 0.0655. The Kier molecular flexibility index (Phi) is 10.7. The molecule has 0 bridgehead atoms. The van der Waals surface area contributed by atoms with Crippen LogP contribution in [0.2, 0.25) is 10.0 Å². The van der Waals surface area contributed by atoms with Crippen LogP contribution >= 0.6 is 23.2 Å². The fraction of sp³-hybridized carbons (Fsp3) is 0.152. The molecule has 15 heteroatoms. The minimum Gasteiger partial charge on any atom is -0.340 e. The minimum absolute atomic E-state index is 0.516. The monoisotopic (exact) mass is 679 g/mol. The third-order valence-corrected chi connectivity index (χ3v) is 7.58. The van der Waals surface area contributed by atoms with Gasteiger partial charge in [-0.1, -0.05) is 45.8 Å². The molecule has 4 aromatic carbocycles. The molecule has 2 heterocycles. The molecule has 0 unspecified atom stereocenters. The SMILES string of the molecule is CN(CCN=NNc1ccc2ncnc(Nc3cccc(Cl)c3)c2c1)CCN=NNc1ccc2ncnc(Nc3cccc(Cl)c3)c2c1. The standard InChI is InChI=1S/C33H31Cl2N13/c1-48(14-12-40-46-44-26-8-10-30-28(18-26)32(38-20-36-30)42-24-6-2-4-22(34)16-24)15-13-41-47-45-27-9-11-31-29(19-27)33(39-21-37-31)43-25-7-3-5-23(35)17-25/h2-11,16-21H,12-15H2,1H3,(H,40,44)(H,41,45)(H,36,38,42)(H,37,39,43). The summed E-state index contributed by atoms with van der Waals surface area (Å²) in [5.74, 6) is 1.33. The zero-order valence-electron chi connectivity index (χ0n) is 25.8. The Morgan fingerprint density at radius 3 is 1.52 bits per heavy atom. The largest absolute Gasteiger partial charge is 0.340 e. The molecule has 0 amide bonds. The number of hydrogen-bond donors (Lipinski definition) is 4. The van der Waals surface area contributed by atoms with Gasteiger partial charge in [-0.3, -0.25) is 10.9 Å².